The SMILES string of the molecule is COC(=O)[C@@H]1C2C(CN1C(=O)CNC(=O)C(F)(F)F)C2(C)C. The van der Waals surface area contributed by atoms with Gasteiger partial charge >= 0.3 is 18.1 Å². The third kappa shape index (κ3) is 2.64. The summed E-state index contributed by atoms with van der Waals surface area (Å²) in [6.45, 7) is 3.40. The van der Waals surface area contributed by atoms with Crippen LogP contribution in [0.15, 0.2) is 0 Å². The first-order chi connectivity index (χ1) is 10.0. The number of piperidine rings is 1. The van der Waals surface area contributed by atoms with E-state index in [1.807, 2.05) is 13.8 Å². The van der Waals surface area contributed by atoms with E-state index < -0.39 is 36.5 Å². The molecular weight excluding hydrogens is 305 g/mol. The fraction of sp³-hybridized carbons (Fsp3) is 0.769. The number of nitrogens with one attached hydrogen (secondary N) is 1. The number of amides is 2. The van der Waals surface area contributed by atoms with Crippen LogP contribution in [-0.4, -0.2) is 55.1 Å². The van der Waals surface area contributed by atoms with Gasteiger partial charge in [-0.2, -0.15) is 13.2 Å². The predicted molar refractivity (Wildman–Crippen MR) is 67.3 cm³/mol. The molecule has 1 saturated carbocycles. The molecule has 0 aromatic carbocycles. The highest BCUT2D eigenvalue weighted by Gasteiger charge is 2.69. The van der Waals surface area contributed by atoms with E-state index in [9.17, 15) is 27.6 Å². The Morgan fingerprint density at radius 1 is 1.32 bits per heavy atom. The Bertz CT molecular complexity index is 518. The van der Waals surface area contributed by atoms with Crippen LogP contribution in [-0.2, 0) is 19.1 Å². The molecule has 9 heteroatoms. The topological polar surface area (TPSA) is 75.7 Å². The molecule has 1 aliphatic heterocycles. The molecule has 22 heavy (non-hydrogen) atoms. The molecule has 124 valence electrons. The van der Waals surface area contributed by atoms with E-state index in [0.29, 0.717) is 0 Å². The maximum atomic E-state index is 12.1. The van der Waals surface area contributed by atoms with E-state index in [-0.39, 0.29) is 23.8 Å². The Labute approximate surface area is 125 Å². The number of alkyl halides is 3. The lowest BCUT2D eigenvalue weighted by Gasteiger charge is -2.29. The van der Waals surface area contributed by atoms with Gasteiger partial charge in [0.15, 0.2) is 0 Å². The second-order valence-corrected chi connectivity index (χ2v) is 6.15. The summed E-state index contributed by atoms with van der Waals surface area (Å²) in [5, 5.41) is 1.52. The Kier molecular flexibility index (Phi) is 3.87. The first-order valence-electron chi connectivity index (χ1n) is 6.74. The van der Waals surface area contributed by atoms with Crippen molar-refractivity contribution in [1.29, 1.82) is 0 Å². The van der Waals surface area contributed by atoms with Crippen molar-refractivity contribution in [3.63, 3.8) is 0 Å². The summed E-state index contributed by atoms with van der Waals surface area (Å²) in [4.78, 5) is 35.8. The van der Waals surface area contributed by atoms with E-state index >= 15 is 0 Å². The van der Waals surface area contributed by atoms with E-state index in [1.54, 1.807) is 0 Å². The minimum Gasteiger partial charge on any atom is -0.467 e. The molecule has 3 atom stereocenters. The summed E-state index contributed by atoms with van der Waals surface area (Å²) >= 11 is 0. The molecule has 2 fully saturated rings. The number of ether oxygens (including phenoxy) is 1. The normalized spacial score (nSPS) is 28.8. The first kappa shape index (κ1) is 16.6. The third-order valence-electron chi connectivity index (χ3n) is 4.63. The summed E-state index contributed by atoms with van der Waals surface area (Å²) in [5.41, 5.74) is -0.106. The highest BCUT2D eigenvalue weighted by molar-refractivity contribution is 5.90. The first-order valence-corrected chi connectivity index (χ1v) is 6.74. The molecule has 0 bridgehead atoms. The van der Waals surface area contributed by atoms with Crippen LogP contribution in [0.5, 0.6) is 0 Å². The second-order valence-electron chi connectivity index (χ2n) is 6.15. The number of rotatable bonds is 3. The summed E-state index contributed by atoms with van der Waals surface area (Å²) in [7, 11) is 1.19. The Balaban J connectivity index is 2.01. The van der Waals surface area contributed by atoms with Crippen molar-refractivity contribution in [3.05, 3.63) is 0 Å². The Morgan fingerprint density at radius 3 is 2.41 bits per heavy atom. The molecule has 2 aliphatic rings. The monoisotopic (exact) mass is 322 g/mol. The predicted octanol–water partition coefficient (Wildman–Crippen LogP) is 0.321. The molecule has 2 amide bonds. The number of esters is 1. The maximum absolute atomic E-state index is 12.1. The molecule has 1 saturated heterocycles. The highest BCUT2D eigenvalue weighted by atomic mass is 19.4. The van der Waals surface area contributed by atoms with E-state index in [1.165, 1.54) is 17.3 Å². The maximum Gasteiger partial charge on any atom is 0.471 e. The summed E-state index contributed by atoms with van der Waals surface area (Å²) in [5.74, 6) is -3.45. The van der Waals surface area contributed by atoms with E-state index in [4.69, 9.17) is 0 Å². The highest BCUT2D eigenvalue weighted by Crippen LogP contribution is 2.64. The van der Waals surface area contributed by atoms with Crippen LogP contribution in [0.1, 0.15) is 13.8 Å². The van der Waals surface area contributed by atoms with Crippen LogP contribution in [0.3, 0.4) is 0 Å². The Hall–Kier alpha value is -1.80. The van der Waals surface area contributed by atoms with Crippen LogP contribution in [0.2, 0.25) is 0 Å². The molecule has 6 nitrogen and oxygen atoms in total. The molecule has 1 heterocycles. The number of halogens is 3. The molecule has 2 rings (SSSR count). The van der Waals surface area contributed by atoms with Crippen molar-refractivity contribution in [1.82, 2.24) is 10.2 Å². The van der Waals surface area contributed by atoms with Crippen LogP contribution >= 0.6 is 0 Å². The van der Waals surface area contributed by atoms with Crippen LogP contribution in [0.4, 0.5) is 13.2 Å². The lowest BCUT2D eigenvalue weighted by Crippen LogP contribution is -2.50. The zero-order valence-electron chi connectivity index (χ0n) is 12.4. The smallest absolute Gasteiger partial charge is 0.467 e. The fourth-order valence-corrected chi connectivity index (χ4v) is 3.29. The van der Waals surface area contributed by atoms with E-state index in [2.05, 4.69) is 4.74 Å². The van der Waals surface area contributed by atoms with Gasteiger partial charge in [-0.1, -0.05) is 13.8 Å². The summed E-state index contributed by atoms with van der Waals surface area (Å²) in [6, 6.07) is -0.805. The average Bonchev–Trinajstić information content (AvgIpc) is 2.79. The number of nitrogens with zero attached hydrogens (tertiary/aromatic N) is 1. The minimum absolute atomic E-state index is 0.0674. The molecule has 0 radical (unpaired) electrons. The van der Waals surface area contributed by atoms with Gasteiger partial charge in [0, 0.05) is 12.5 Å². The molecule has 0 aromatic rings. The molecule has 1 aliphatic carbocycles. The van der Waals surface area contributed by atoms with Gasteiger partial charge in [0.2, 0.25) is 5.91 Å². The number of fused-ring (bicyclic) bond motifs is 1. The summed E-state index contributed by atoms with van der Waals surface area (Å²) < 4.78 is 41.0. The number of carbonyl (C=O) groups excluding carboxylic acids is 3. The van der Waals surface area contributed by atoms with Gasteiger partial charge in [0.25, 0.3) is 0 Å². The number of carbonyl (C=O) groups is 3. The van der Waals surface area contributed by atoms with E-state index in [0.717, 1.165) is 0 Å². The second kappa shape index (κ2) is 5.13. The number of likely N-dealkylation sites (tertiary alicyclic amines) is 1. The van der Waals surface area contributed by atoms with Crippen LogP contribution in [0.25, 0.3) is 0 Å². The van der Waals surface area contributed by atoms with Gasteiger partial charge in [0.05, 0.1) is 13.7 Å². The zero-order chi connectivity index (χ0) is 16.9. The number of methoxy groups -OCH3 is 1. The van der Waals surface area contributed by atoms with Crippen molar-refractivity contribution in [2.75, 3.05) is 20.2 Å². The van der Waals surface area contributed by atoms with Gasteiger partial charge < -0.3 is 15.0 Å². The van der Waals surface area contributed by atoms with Gasteiger partial charge in [-0.05, 0) is 11.3 Å². The molecular formula is C13H17F3N2O4. The largest absolute Gasteiger partial charge is 0.471 e. The molecule has 0 aromatic heterocycles. The van der Waals surface area contributed by atoms with Crippen molar-refractivity contribution in [2.24, 2.45) is 17.3 Å². The van der Waals surface area contributed by atoms with Gasteiger partial charge in [0.1, 0.15) is 6.04 Å². The Morgan fingerprint density at radius 2 is 1.91 bits per heavy atom. The van der Waals surface area contributed by atoms with Crippen molar-refractivity contribution >= 4 is 17.8 Å². The van der Waals surface area contributed by atoms with Crippen molar-refractivity contribution in [2.45, 2.75) is 26.1 Å². The zero-order valence-corrected chi connectivity index (χ0v) is 12.4. The molecule has 2 unspecified atom stereocenters. The summed E-state index contributed by atoms with van der Waals surface area (Å²) in [6.07, 6.45) is -5.04. The third-order valence-corrected chi connectivity index (χ3v) is 4.63. The quantitative estimate of drug-likeness (QED) is 0.760. The van der Waals surface area contributed by atoms with Gasteiger partial charge in [-0.25, -0.2) is 4.79 Å². The standard InChI is InChI=1S/C13H17F3N2O4/c1-12(2)6-5-18(9(8(6)12)10(20)22-3)7(19)4-17-11(21)13(14,15)16/h6,8-9H,4-5H2,1-3H3,(H,17,21)/t6?,8?,9-/m0/s1. The lowest BCUT2D eigenvalue weighted by atomic mass is 10.0. The van der Waals surface area contributed by atoms with Crippen molar-refractivity contribution < 1.29 is 32.3 Å². The van der Waals surface area contributed by atoms with Crippen molar-refractivity contribution in [3.8, 4) is 0 Å². The fourth-order valence-electron chi connectivity index (χ4n) is 3.29. The van der Waals surface area contributed by atoms with Gasteiger partial charge in [-0.15, -0.1) is 0 Å². The number of hydrogen-bond acceptors (Lipinski definition) is 4. The molecule has 0 spiro atoms. The van der Waals surface area contributed by atoms with Crippen LogP contribution in [0, 0.1) is 17.3 Å². The van der Waals surface area contributed by atoms with Gasteiger partial charge in [-0.3, -0.25) is 9.59 Å². The lowest BCUT2D eigenvalue weighted by molar-refractivity contribution is -0.174. The molecule has 1 N–H and O–H groups in total. The minimum atomic E-state index is -5.04. The number of hydrogen-bond donors (Lipinski definition) is 1. The van der Waals surface area contributed by atoms with Crippen LogP contribution < -0.4 is 5.32 Å². The average molecular weight is 322 g/mol.